The van der Waals surface area contributed by atoms with Crippen LogP contribution in [0.1, 0.15) is 32.4 Å². The molecule has 17 heavy (non-hydrogen) atoms. The number of likely N-dealkylation sites (N-methyl/N-ethyl adjacent to an activating group) is 1. The highest BCUT2D eigenvalue weighted by atomic mass is 35.5. The van der Waals surface area contributed by atoms with Crippen LogP contribution in [0.15, 0.2) is 18.2 Å². The van der Waals surface area contributed by atoms with E-state index in [0.717, 1.165) is 12.1 Å². The molecule has 2 atom stereocenters. The van der Waals surface area contributed by atoms with E-state index >= 15 is 0 Å². The highest BCUT2D eigenvalue weighted by molar-refractivity contribution is 6.42. The van der Waals surface area contributed by atoms with Gasteiger partial charge in [0.2, 0.25) is 0 Å². The van der Waals surface area contributed by atoms with E-state index in [4.69, 9.17) is 27.9 Å². The molecule has 0 saturated carbocycles. The van der Waals surface area contributed by atoms with Crippen molar-refractivity contribution in [1.29, 1.82) is 0 Å². The molecule has 96 valence electrons. The number of nitrogens with one attached hydrogen (secondary N) is 1. The normalized spacial score (nSPS) is 14.6. The van der Waals surface area contributed by atoms with Crippen LogP contribution in [0.5, 0.6) is 0 Å². The minimum atomic E-state index is 0.0518. The molecule has 0 spiro atoms. The van der Waals surface area contributed by atoms with E-state index in [0.29, 0.717) is 16.7 Å². The van der Waals surface area contributed by atoms with Crippen molar-refractivity contribution in [1.82, 2.24) is 5.32 Å². The fraction of sp³-hybridized carbons (Fsp3) is 0.538. The Bertz CT molecular complexity index is 357. The standard InChI is InChI=1S/C13H19Cl2NO/c1-4-16-13(9(3)17-5-2)10-7-6-8-11(14)12(10)15/h6-9,13,16H,4-5H2,1-3H3. The van der Waals surface area contributed by atoms with Crippen LogP contribution < -0.4 is 5.32 Å². The van der Waals surface area contributed by atoms with Gasteiger partial charge < -0.3 is 10.1 Å². The van der Waals surface area contributed by atoms with E-state index in [2.05, 4.69) is 12.2 Å². The molecular weight excluding hydrogens is 257 g/mol. The van der Waals surface area contributed by atoms with Crippen LogP contribution in [0.3, 0.4) is 0 Å². The SMILES string of the molecule is CCNC(c1cccc(Cl)c1Cl)C(C)OCC. The van der Waals surface area contributed by atoms with Crippen LogP contribution in [0.2, 0.25) is 10.0 Å². The summed E-state index contributed by atoms with van der Waals surface area (Å²) < 4.78 is 5.64. The second kappa shape index (κ2) is 7.22. The summed E-state index contributed by atoms with van der Waals surface area (Å²) in [6.45, 7) is 7.61. The zero-order valence-electron chi connectivity index (χ0n) is 10.5. The van der Waals surface area contributed by atoms with Crippen molar-refractivity contribution in [3.8, 4) is 0 Å². The molecule has 0 bridgehead atoms. The lowest BCUT2D eigenvalue weighted by atomic mass is 10.0. The first-order valence-electron chi connectivity index (χ1n) is 5.90. The van der Waals surface area contributed by atoms with Gasteiger partial charge in [-0.15, -0.1) is 0 Å². The van der Waals surface area contributed by atoms with Crippen LogP contribution in [0.25, 0.3) is 0 Å². The molecule has 0 aliphatic carbocycles. The van der Waals surface area contributed by atoms with Crippen LogP contribution in [0, 0.1) is 0 Å². The molecule has 2 unspecified atom stereocenters. The fourth-order valence-electron chi connectivity index (χ4n) is 1.87. The topological polar surface area (TPSA) is 21.3 Å². The van der Waals surface area contributed by atoms with Crippen molar-refractivity contribution >= 4 is 23.2 Å². The van der Waals surface area contributed by atoms with Gasteiger partial charge in [-0.05, 0) is 32.0 Å². The van der Waals surface area contributed by atoms with Gasteiger partial charge in [0.25, 0.3) is 0 Å². The van der Waals surface area contributed by atoms with Crippen LogP contribution >= 0.6 is 23.2 Å². The number of rotatable bonds is 6. The fourth-order valence-corrected chi connectivity index (χ4v) is 2.29. The number of benzene rings is 1. The molecule has 0 radical (unpaired) electrons. The van der Waals surface area contributed by atoms with E-state index in [1.54, 1.807) is 6.07 Å². The summed E-state index contributed by atoms with van der Waals surface area (Å²) in [5.41, 5.74) is 0.988. The second-order valence-electron chi connectivity index (χ2n) is 3.84. The summed E-state index contributed by atoms with van der Waals surface area (Å²) in [7, 11) is 0. The first kappa shape index (κ1) is 14.8. The molecule has 0 amide bonds. The molecule has 0 aliphatic heterocycles. The average Bonchev–Trinajstić information content (AvgIpc) is 2.30. The molecule has 0 fully saturated rings. The van der Waals surface area contributed by atoms with Gasteiger partial charge in [0, 0.05) is 6.61 Å². The minimum absolute atomic E-state index is 0.0518. The summed E-state index contributed by atoms with van der Waals surface area (Å²) in [5.74, 6) is 0. The molecule has 0 aromatic heterocycles. The Morgan fingerprint density at radius 2 is 2.00 bits per heavy atom. The molecule has 1 aromatic rings. The molecule has 4 heteroatoms. The Hall–Kier alpha value is -0.280. The number of ether oxygens (including phenoxy) is 1. The van der Waals surface area contributed by atoms with Crippen molar-refractivity contribution in [2.45, 2.75) is 32.9 Å². The molecule has 1 N–H and O–H groups in total. The third kappa shape index (κ3) is 3.85. The second-order valence-corrected chi connectivity index (χ2v) is 4.62. The highest BCUT2D eigenvalue weighted by Crippen LogP contribution is 2.32. The lowest BCUT2D eigenvalue weighted by Gasteiger charge is -2.26. The predicted octanol–water partition coefficient (Wildman–Crippen LogP) is 4.07. The van der Waals surface area contributed by atoms with Gasteiger partial charge in [-0.1, -0.05) is 42.3 Å². The van der Waals surface area contributed by atoms with Gasteiger partial charge in [-0.25, -0.2) is 0 Å². The lowest BCUT2D eigenvalue weighted by molar-refractivity contribution is 0.0477. The maximum Gasteiger partial charge on any atom is 0.0742 e. The van der Waals surface area contributed by atoms with Gasteiger partial charge >= 0.3 is 0 Å². The summed E-state index contributed by atoms with van der Waals surface area (Å²) in [6, 6.07) is 5.75. The highest BCUT2D eigenvalue weighted by Gasteiger charge is 2.21. The smallest absolute Gasteiger partial charge is 0.0742 e. The van der Waals surface area contributed by atoms with Crippen molar-refractivity contribution in [3.05, 3.63) is 33.8 Å². The number of hydrogen-bond donors (Lipinski definition) is 1. The van der Waals surface area contributed by atoms with Crippen molar-refractivity contribution in [2.75, 3.05) is 13.2 Å². The van der Waals surface area contributed by atoms with E-state index < -0.39 is 0 Å². The molecule has 0 aliphatic rings. The van der Waals surface area contributed by atoms with Crippen molar-refractivity contribution in [3.63, 3.8) is 0 Å². The van der Waals surface area contributed by atoms with Crippen LogP contribution in [0.4, 0.5) is 0 Å². The van der Waals surface area contributed by atoms with E-state index in [1.807, 2.05) is 26.0 Å². The molecule has 1 aromatic carbocycles. The Morgan fingerprint density at radius 3 is 2.59 bits per heavy atom. The van der Waals surface area contributed by atoms with Crippen molar-refractivity contribution < 1.29 is 4.74 Å². The largest absolute Gasteiger partial charge is 0.377 e. The van der Waals surface area contributed by atoms with E-state index in [9.17, 15) is 0 Å². The third-order valence-electron chi connectivity index (χ3n) is 2.64. The zero-order chi connectivity index (χ0) is 12.8. The Labute approximate surface area is 113 Å². The first-order chi connectivity index (χ1) is 8.11. The molecule has 2 nitrogen and oxygen atoms in total. The van der Waals surface area contributed by atoms with Gasteiger partial charge in [0.1, 0.15) is 0 Å². The summed E-state index contributed by atoms with van der Waals surface area (Å²) >= 11 is 12.3. The molecule has 0 heterocycles. The molecular formula is C13H19Cl2NO. The zero-order valence-corrected chi connectivity index (χ0v) is 12.0. The Kier molecular flexibility index (Phi) is 6.28. The maximum atomic E-state index is 6.24. The minimum Gasteiger partial charge on any atom is -0.377 e. The molecule has 1 rings (SSSR count). The number of hydrogen-bond acceptors (Lipinski definition) is 2. The van der Waals surface area contributed by atoms with Gasteiger partial charge in [-0.3, -0.25) is 0 Å². The monoisotopic (exact) mass is 275 g/mol. The maximum absolute atomic E-state index is 6.24. The van der Waals surface area contributed by atoms with Gasteiger partial charge in [0.05, 0.1) is 22.2 Å². The first-order valence-corrected chi connectivity index (χ1v) is 6.66. The summed E-state index contributed by atoms with van der Waals surface area (Å²) in [4.78, 5) is 0. The van der Waals surface area contributed by atoms with Crippen molar-refractivity contribution in [2.24, 2.45) is 0 Å². The summed E-state index contributed by atoms with van der Waals surface area (Å²) in [6.07, 6.45) is 0.0518. The molecule has 0 saturated heterocycles. The summed E-state index contributed by atoms with van der Waals surface area (Å²) in [5, 5.41) is 4.57. The Morgan fingerprint density at radius 1 is 1.29 bits per heavy atom. The van der Waals surface area contributed by atoms with E-state index in [-0.39, 0.29) is 12.1 Å². The average molecular weight is 276 g/mol. The lowest BCUT2D eigenvalue weighted by Crippen LogP contribution is -2.32. The number of halogens is 2. The van der Waals surface area contributed by atoms with Gasteiger partial charge in [0.15, 0.2) is 0 Å². The van der Waals surface area contributed by atoms with E-state index in [1.165, 1.54) is 0 Å². The Balaban J connectivity index is 3.00. The predicted molar refractivity (Wildman–Crippen MR) is 74.0 cm³/mol. The van der Waals surface area contributed by atoms with Crippen LogP contribution in [-0.4, -0.2) is 19.3 Å². The van der Waals surface area contributed by atoms with Gasteiger partial charge in [-0.2, -0.15) is 0 Å². The third-order valence-corrected chi connectivity index (χ3v) is 3.47. The quantitative estimate of drug-likeness (QED) is 0.845. The van der Waals surface area contributed by atoms with Crippen LogP contribution in [-0.2, 0) is 4.74 Å².